The number of hydrogen-bond donors (Lipinski definition) is 0. The average Bonchev–Trinajstić information content (AvgIpc) is 2.93. The summed E-state index contributed by atoms with van der Waals surface area (Å²) in [7, 11) is 1.53. The number of carbonyl (C=O) groups excluding carboxylic acids is 1. The van der Waals surface area contributed by atoms with Crippen LogP contribution < -0.4 is 4.74 Å². The molecule has 22 heavy (non-hydrogen) atoms. The molecule has 0 fully saturated rings. The number of aryl methyl sites for hydroxylation is 1. The van der Waals surface area contributed by atoms with E-state index in [0.29, 0.717) is 11.3 Å². The van der Waals surface area contributed by atoms with E-state index in [1.807, 2.05) is 17.7 Å². The van der Waals surface area contributed by atoms with Gasteiger partial charge in [0.1, 0.15) is 5.75 Å². The number of carbonyl (C=O) groups is 1. The van der Waals surface area contributed by atoms with Gasteiger partial charge >= 0.3 is 5.97 Å². The molecule has 1 heterocycles. The summed E-state index contributed by atoms with van der Waals surface area (Å²) in [5, 5.41) is 0. The Balaban J connectivity index is 2.33. The van der Waals surface area contributed by atoms with E-state index in [1.165, 1.54) is 7.11 Å². The molecule has 2 rings (SSSR count). The van der Waals surface area contributed by atoms with E-state index < -0.39 is 11.8 Å². The molecular formula is C16H17FN2O3. The van der Waals surface area contributed by atoms with E-state index in [0.717, 1.165) is 17.5 Å². The van der Waals surface area contributed by atoms with Gasteiger partial charge in [-0.25, -0.2) is 9.78 Å². The molecule has 0 saturated heterocycles. The Morgan fingerprint density at radius 2 is 2.23 bits per heavy atom. The van der Waals surface area contributed by atoms with Crippen molar-refractivity contribution in [3.63, 3.8) is 0 Å². The highest BCUT2D eigenvalue weighted by Gasteiger charge is 2.11. The summed E-state index contributed by atoms with van der Waals surface area (Å²) in [6.45, 7) is 3.63. The Labute approximate surface area is 128 Å². The van der Waals surface area contributed by atoms with Gasteiger partial charge < -0.3 is 14.0 Å². The molecule has 0 bridgehead atoms. The van der Waals surface area contributed by atoms with Gasteiger partial charge in [0, 0.05) is 6.20 Å². The van der Waals surface area contributed by atoms with Crippen molar-refractivity contribution in [2.75, 3.05) is 13.7 Å². The minimum atomic E-state index is -0.976. The molecule has 116 valence electrons. The Kier molecular flexibility index (Phi) is 4.93. The summed E-state index contributed by atoms with van der Waals surface area (Å²) >= 11 is 0. The van der Waals surface area contributed by atoms with E-state index in [9.17, 15) is 9.18 Å². The topological polar surface area (TPSA) is 53.4 Å². The van der Waals surface area contributed by atoms with Gasteiger partial charge in [0.2, 0.25) is 5.83 Å². The Bertz CT molecular complexity index is 707. The molecule has 0 spiro atoms. The highest BCUT2D eigenvalue weighted by Crippen LogP contribution is 2.25. The summed E-state index contributed by atoms with van der Waals surface area (Å²) in [5.41, 5.74) is 2.15. The zero-order valence-electron chi connectivity index (χ0n) is 12.7. The number of methoxy groups -OCH3 is 1. The molecule has 0 N–H and O–H groups in total. The first-order chi connectivity index (χ1) is 10.5. The summed E-state index contributed by atoms with van der Waals surface area (Å²) < 4.78 is 25.4. The van der Waals surface area contributed by atoms with E-state index in [4.69, 9.17) is 4.74 Å². The van der Waals surface area contributed by atoms with E-state index in [-0.39, 0.29) is 6.61 Å². The van der Waals surface area contributed by atoms with Crippen LogP contribution in [-0.4, -0.2) is 29.2 Å². The third-order valence-corrected chi connectivity index (χ3v) is 2.96. The van der Waals surface area contributed by atoms with Crippen LogP contribution in [0.3, 0.4) is 0 Å². The zero-order chi connectivity index (χ0) is 16.1. The van der Waals surface area contributed by atoms with Crippen LogP contribution in [-0.2, 0) is 9.53 Å². The van der Waals surface area contributed by atoms with E-state index in [2.05, 4.69) is 9.72 Å². The van der Waals surface area contributed by atoms with Crippen molar-refractivity contribution in [3.8, 4) is 11.4 Å². The van der Waals surface area contributed by atoms with Crippen molar-refractivity contribution in [2.24, 2.45) is 0 Å². The van der Waals surface area contributed by atoms with Crippen molar-refractivity contribution in [2.45, 2.75) is 13.8 Å². The fourth-order valence-corrected chi connectivity index (χ4v) is 1.96. The third kappa shape index (κ3) is 3.52. The monoisotopic (exact) mass is 304 g/mol. The normalized spacial score (nSPS) is 11.4. The van der Waals surface area contributed by atoms with Gasteiger partial charge in [-0.15, -0.1) is 0 Å². The molecule has 0 aliphatic heterocycles. The predicted octanol–water partition coefficient (Wildman–Crippen LogP) is 3.06. The summed E-state index contributed by atoms with van der Waals surface area (Å²) in [4.78, 5) is 15.4. The van der Waals surface area contributed by atoms with Crippen molar-refractivity contribution >= 4 is 12.0 Å². The lowest BCUT2D eigenvalue weighted by Crippen LogP contribution is -2.04. The van der Waals surface area contributed by atoms with Gasteiger partial charge in [0.05, 0.1) is 31.4 Å². The lowest BCUT2D eigenvalue weighted by Gasteiger charge is -2.10. The molecule has 1 aromatic carbocycles. The number of rotatable bonds is 5. The summed E-state index contributed by atoms with van der Waals surface area (Å²) in [6.07, 6.45) is 4.64. The van der Waals surface area contributed by atoms with Gasteiger partial charge in [-0.1, -0.05) is 6.07 Å². The minimum Gasteiger partial charge on any atom is -0.495 e. The quantitative estimate of drug-likeness (QED) is 0.629. The molecular weight excluding hydrogens is 287 g/mol. The maximum absolute atomic E-state index is 13.7. The number of imidazole rings is 1. The number of hydrogen-bond acceptors (Lipinski definition) is 4. The molecule has 0 aliphatic rings. The zero-order valence-corrected chi connectivity index (χ0v) is 12.7. The second kappa shape index (κ2) is 6.89. The van der Waals surface area contributed by atoms with Crippen LogP contribution >= 0.6 is 0 Å². The predicted molar refractivity (Wildman–Crippen MR) is 80.6 cm³/mol. The first kappa shape index (κ1) is 15.8. The van der Waals surface area contributed by atoms with Crippen LogP contribution in [0.25, 0.3) is 11.8 Å². The lowest BCUT2D eigenvalue weighted by atomic mass is 10.1. The third-order valence-electron chi connectivity index (χ3n) is 2.96. The minimum absolute atomic E-state index is 0.127. The number of nitrogens with zero attached hydrogens (tertiary/aromatic N) is 2. The molecule has 6 heteroatoms. The van der Waals surface area contributed by atoms with Gasteiger partial charge in [-0.3, -0.25) is 0 Å². The van der Waals surface area contributed by atoms with Gasteiger partial charge in [-0.2, -0.15) is 4.39 Å². The number of benzene rings is 1. The first-order valence-corrected chi connectivity index (χ1v) is 6.78. The fraction of sp³-hybridized carbons (Fsp3) is 0.250. The van der Waals surface area contributed by atoms with Crippen molar-refractivity contribution < 1.29 is 18.7 Å². The van der Waals surface area contributed by atoms with Gasteiger partial charge in [0.15, 0.2) is 0 Å². The van der Waals surface area contributed by atoms with Crippen LogP contribution in [0.15, 0.2) is 36.6 Å². The second-order valence-electron chi connectivity index (χ2n) is 4.57. The SMILES string of the molecule is CCOC(=O)/C(F)=C\c1ccc(-n2cnc(C)c2)c(OC)c1. The fourth-order valence-electron chi connectivity index (χ4n) is 1.96. The molecule has 0 atom stereocenters. The highest BCUT2D eigenvalue weighted by molar-refractivity contribution is 5.91. The standard InChI is InChI=1S/C16H17FN2O3/c1-4-22-16(20)13(17)7-12-5-6-14(15(8-12)21-3)19-9-11(2)18-10-19/h5-10H,4H2,1-3H3/b13-7+. The molecule has 2 aromatic rings. The van der Waals surface area contributed by atoms with Crippen LogP contribution in [0.4, 0.5) is 4.39 Å². The molecule has 1 aromatic heterocycles. The average molecular weight is 304 g/mol. The van der Waals surface area contributed by atoms with Crippen molar-refractivity contribution in [3.05, 3.63) is 47.8 Å². The van der Waals surface area contributed by atoms with Gasteiger partial charge in [-0.05, 0) is 37.6 Å². The van der Waals surface area contributed by atoms with E-state index >= 15 is 0 Å². The lowest BCUT2D eigenvalue weighted by molar-refractivity contribution is -0.140. The molecule has 0 amide bonds. The highest BCUT2D eigenvalue weighted by atomic mass is 19.1. The maximum atomic E-state index is 13.7. The van der Waals surface area contributed by atoms with Crippen molar-refractivity contribution in [1.29, 1.82) is 0 Å². The largest absolute Gasteiger partial charge is 0.495 e. The summed E-state index contributed by atoms with van der Waals surface area (Å²) in [6, 6.07) is 5.10. The number of aromatic nitrogens is 2. The summed E-state index contributed by atoms with van der Waals surface area (Å²) in [5.74, 6) is -1.38. The van der Waals surface area contributed by atoms with Crippen LogP contribution in [0.5, 0.6) is 5.75 Å². The molecule has 0 aliphatic carbocycles. The maximum Gasteiger partial charge on any atom is 0.367 e. The Hall–Kier alpha value is -2.63. The first-order valence-electron chi connectivity index (χ1n) is 6.78. The molecule has 5 nitrogen and oxygen atoms in total. The number of halogens is 1. The number of esters is 1. The molecule has 0 unspecified atom stereocenters. The Morgan fingerprint density at radius 3 is 2.82 bits per heavy atom. The van der Waals surface area contributed by atoms with Crippen molar-refractivity contribution in [1.82, 2.24) is 9.55 Å². The smallest absolute Gasteiger partial charge is 0.367 e. The molecule has 0 radical (unpaired) electrons. The van der Waals surface area contributed by atoms with Crippen LogP contribution in [0.2, 0.25) is 0 Å². The Morgan fingerprint density at radius 1 is 1.45 bits per heavy atom. The van der Waals surface area contributed by atoms with Gasteiger partial charge in [0.25, 0.3) is 0 Å². The second-order valence-corrected chi connectivity index (χ2v) is 4.57. The van der Waals surface area contributed by atoms with Crippen LogP contribution in [0, 0.1) is 6.92 Å². The number of ether oxygens (including phenoxy) is 2. The molecule has 0 saturated carbocycles. The van der Waals surface area contributed by atoms with E-state index in [1.54, 1.807) is 31.5 Å². The van der Waals surface area contributed by atoms with Crippen LogP contribution in [0.1, 0.15) is 18.2 Å².